The van der Waals surface area contributed by atoms with Crippen molar-refractivity contribution in [2.24, 2.45) is 11.7 Å². The third-order valence-electron chi connectivity index (χ3n) is 1.66. The predicted molar refractivity (Wildman–Crippen MR) is 46.3 cm³/mol. The summed E-state index contributed by atoms with van der Waals surface area (Å²) in [6, 6.07) is 0. The average molecular weight is 165 g/mol. The van der Waals surface area contributed by atoms with E-state index in [-0.39, 0.29) is 11.5 Å². The standard InChI is InChI=1S/C9H11NO2/c1-6-3-2-4-7(9(11)12)8(10)5-6/h2-6H,10H2,1H3,(H,11,12). The summed E-state index contributed by atoms with van der Waals surface area (Å²) < 4.78 is 0. The van der Waals surface area contributed by atoms with Gasteiger partial charge in [0.1, 0.15) is 0 Å². The van der Waals surface area contributed by atoms with E-state index in [9.17, 15) is 4.79 Å². The summed E-state index contributed by atoms with van der Waals surface area (Å²) in [6.45, 7) is 1.95. The summed E-state index contributed by atoms with van der Waals surface area (Å²) in [5.41, 5.74) is 6.04. The molecular weight excluding hydrogens is 154 g/mol. The molecule has 0 amide bonds. The lowest BCUT2D eigenvalue weighted by atomic mass is 10.1. The first-order valence-electron chi connectivity index (χ1n) is 3.70. The van der Waals surface area contributed by atoms with Crippen molar-refractivity contribution in [2.45, 2.75) is 6.92 Å². The SMILES string of the molecule is CC1C=CC=C(C(=O)O)C(N)=C1. The van der Waals surface area contributed by atoms with Crippen LogP contribution in [0.15, 0.2) is 35.6 Å². The van der Waals surface area contributed by atoms with Gasteiger partial charge in [0, 0.05) is 5.70 Å². The van der Waals surface area contributed by atoms with Crippen molar-refractivity contribution >= 4 is 5.97 Å². The molecular formula is C9H11NO2. The lowest BCUT2D eigenvalue weighted by Gasteiger charge is -2.01. The van der Waals surface area contributed by atoms with Crippen LogP contribution in [0.25, 0.3) is 0 Å². The second kappa shape index (κ2) is 3.26. The van der Waals surface area contributed by atoms with E-state index in [0.717, 1.165) is 0 Å². The van der Waals surface area contributed by atoms with Gasteiger partial charge in [0.15, 0.2) is 0 Å². The second-order valence-electron chi connectivity index (χ2n) is 2.75. The van der Waals surface area contributed by atoms with Gasteiger partial charge in [0.05, 0.1) is 5.57 Å². The Kier molecular flexibility index (Phi) is 2.33. The first kappa shape index (κ1) is 8.59. The molecule has 0 bridgehead atoms. The molecule has 1 aliphatic rings. The third kappa shape index (κ3) is 1.75. The van der Waals surface area contributed by atoms with E-state index in [4.69, 9.17) is 10.8 Å². The minimum Gasteiger partial charge on any atom is -0.478 e. The fraction of sp³-hybridized carbons (Fsp3) is 0.222. The summed E-state index contributed by atoms with van der Waals surface area (Å²) in [6.07, 6.45) is 6.84. The number of carboxylic acids is 1. The number of allylic oxidation sites excluding steroid dienone is 4. The molecule has 0 spiro atoms. The molecule has 1 aliphatic carbocycles. The largest absolute Gasteiger partial charge is 0.478 e. The molecule has 64 valence electrons. The maximum Gasteiger partial charge on any atom is 0.337 e. The van der Waals surface area contributed by atoms with Crippen LogP contribution in [0.1, 0.15) is 6.92 Å². The van der Waals surface area contributed by atoms with Crippen LogP contribution in [-0.4, -0.2) is 11.1 Å². The van der Waals surface area contributed by atoms with Gasteiger partial charge in [0.2, 0.25) is 0 Å². The fourth-order valence-corrected chi connectivity index (χ4v) is 1.05. The van der Waals surface area contributed by atoms with Crippen LogP contribution in [0.5, 0.6) is 0 Å². The molecule has 3 N–H and O–H groups in total. The monoisotopic (exact) mass is 165 g/mol. The summed E-state index contributed by atoms with van der Waals surface area (Å²) >= 11 is 0. The number of hydrogen-bond donors (Lipinski definition) is 2. The van der Waals surface area contributed by atoms with Crippen LogP contribution in [0.4, 0.5) is 0 Å². The van der Waals surface area contributed by atoms with Gasteiger partial charge in [-0.3, -0.25) is 0 Å². The van der Waals surface area contributed by atoms with E-state index >= 15 is 0 Å². The van der Waals surface area contributed by atoms with Crippen LogP contribution >= 0.6 is 0 Å². The van der Waals surface area contributed by atoms with Crippen LogP contribution in [-0.2, 0) is 4.79 Å². The quantitative estimate of drug-likeness (QED) is 0.610. The topological polar surface area (TPSA) is 63.3 Å². The molecule has 0 aromatic carbocycles. The molecule has 1 atom stereocenters. The lowest BCUT2D eigenvalue weighted by Crippen LogP contribution is -2.10. The summed E-state index contributed by atoms with van der Waals surface area (Å²) in [5, 5.41) is 8.70. The van der Waals surface area contributed by atoms with Crippen molar-refractivity contribution in [3.63, 3.8) is 0 Å². The Balaban J connectivity index is 3.02. The predicted octanol–water partition coefficient (Wildman–Crippen LogP) is 1.05. The molecule has 0 heterocycles. The highest BCUT2D eigenvalue weighted by molar-refractivity contribution is 5.91. The van der Waals surface area contributed by atoms with Crippen molar-refractivity contribution in [3.05, 3.63) is 35.6 Å². The van der Waals surface area contributed by atoms with Gasteiger partial charge in [-0.25, -0.2) is 4.79 Å². The minimum atomic E-state index is -0.984. The molecule has 0 saturated heterocycles. The molecule has 3 heteroatoms. The Morgan fingerprint density at radius 1 is 1.67 bits per heavy atom. The molecule has 1 rings (SSSR count). The highest BCUT2D eigenvalue weighted by Crippen LogP contribution is 2.13. The van der Waals surface area contributed by atoms with E-state index in [1.165, 1.54) is 6.08 Å². The first-order valence-corrected chi connectivity index (χ1v) is 3.70. The van der Waals surface area contributed by atoms with Gasteiger partial charge in [-0.1, -0.05) is 25.2 Å². The van der Waals surface area contributed by atoms with Gasteiger partial charge in [0.25, 0.3) is 0 Å². The zero-order valence-corrected chi connectivity index (χ0v) is 6.82. The number of nitrogens with two attached hydrogens (primary N) is 1. The van der Waals surface area contributed by atoms with E-state index in [0.29, 0.717) is 5.70 Å². The van der Waals surface area contributed by atoms with Gasteiger partial charge < -0.3 is 10.8 Å². The van der Waals surface area contributed by atoms with Crippen molar-refractivity contribution in [1.82, 2.24) is 0 Å². The van der Waals surface area contributed by atoms with Crippen molar-refractivity contribution in [2.75, 3.05) is 0 Å². The zero-order valence-electron chi connectivity index (χ0n) is 6.82. The van der Waals surface area contributed by atoms with Crippen LogP contribution in [0, 0.1) is 5.92 Å². The Morgan fingerprint density at radius 2 is 2.33 bits per heavy atom. The summed E-state index contributed by atoms with van der Waals surface area (Å²) in [5.74, 6) is -0.791. The Bertz CT molecular complexity index is 287. The molecule has 0 aliphatic heterocycles. The first-order chi connectivity index (χ1) is 5.61. The van der Waals surface area contributed by atoms with E-state index < -0.39 is 5.97 Å². The van der Waals surface area contributed by atoms with Crippen LogP contribution < -0.4 is 5.73 Å². The summed E-state index contributed by atoms with van der Waals surface area (Å²) in [7, 11) is 0. The van der Waals surface area contributed by atoms with Gasteiger partial charge >= 0.3 is 5.97 Å². The average Bonchev–Trinajstić information content (AvgIpc) is 2.10. The molecule has 3 nitrogen and oxygen atoms in total. The van der Waals surface area contributed by atoms with E-state index in [2.05, 4.69) is 0 Å². The maximum absolute atomic E-state index is 10.6. The molecule has 0 saturated carbocycles. The Labute approximate surface area is 70.9 Å². The zero-order chi connectivity index (χ0) is 9.14. The van der Waals surface area contributed by atoms with Crippen molar-refractivity contribution < 1.29 is 9.90 Å². The third-order valence-corrected chi connectivity index (χ3v) is 1.66. The highest BCUT2D eigenvalue weighted by atomic mass is 16.4. The number of rotatable bonds is 1. The van der Waals surface area contributed by atoms with Crippen LogP contribution in [0.3, 0.4) is 0 Å². The number of hydrogen-bond acceptors (Lipinski definition) is 2. The number of carbonyl (C=O) groups is 1. The normalized spacial score (nSPS) is 22.6. The number of aliphatic carboxylic acids is 1. The Morgan fingerprint density at radius 3 is 2.92 bits per heavy atom. The number of carboxylic acid groups (broad SMARTS) is 1. The van der Waals surface area contributed by atoms with Gasteiger partial charge in [-0.15, -0.1) is 0 Å². The smallest absolute Gasteiger partial charge is 0.337 e. The van der Waals surface area contributed by atoms with Gasteiger partial charge in [-0.05, 0) is 12.0 Å². The molecule has 0 fully saturated rings. The van der Waals surface area contributed by atoms with Gasteiger partial charge in [-0.2, -0.15) is 0 Å². The molecule has 0 radical (unpaired) electrons. The second-order valence-corrected chi connectivity index (χ2v) is 2.75. The highest BCUT2D eigenvalue weighted by Gasteiger charge is 2.11. The molecule has 0 aromatic heterocycles. The Hall–Kier alpha value is -1.51. The fourth-order valence-electron chi connectivity index (χ4n) is 1.05. The molecule has 1 unspecified atom stereocenters. The maximum atomic E-state index is 10.6. The van der Waals surface area contributed by atoms with Crippen LogP contribution in [0.2, 0.25) is 0 Å². The van der Waals surface area contributed by atoms with Crippen molar-refractivity contribution in [3.8, 4) is 0 Å². The van der Waals surface area contributed by atoms with E-state index in [1.807, 2.05) is 13.0 Å². The minimum absolute atomic E-state index is 0.163. The lowest BCUT2D eigenvalue weighted by molar-refractivity contribution is -0.132. The summed E-state index contributed by atoms with van der Waals surface area (Å²) in [4.78, 5) is 10.6. The molecule has 0 aromatic rings. The van der Waals surface area contributed by atoms with Crippen molar-refractivity contribution in [1.29, 1.82) is 0 Å². The molecule has 12 heavy (non-hydrogen) atoms. The van der Waals surface area contributed by atoms with E-state index in [1.54, 1.807) is 12.2 Å².